The van der Waals surface area contributed by atoms with Gasteiger partial charge in [0, 0.05) is 6.54 Å². The summed E-state index contributed by atoms with van der Waals surface area (Å²) in [5.74, 6) is 1.54. The summed E-state index contributed by atoms with van der Waals surface area (Å²) in [6.07, 6.45) is 4.05. The standard InChI is InChI=1S/C13H20N8O/c1-9-16-12(19-17-9)6-15-13(22)11-8-21(20-18-11)7-10-3-2-4-14-5-10/h8,10,14H,2-7H2,1H3,(H,15,22)(H,16,17,19)/t10-/m1/s1. The van der Waals surface area contributed by atoms with E-state index in [0.29, 0.717) is 17.4 Å². The fraction of sp³-hybridized carbons (Fsp3) is 0.615. The molecule has 2 aromatic rings. The van der Waals surface area contributed by atoms with Crippen molar-refractivity contribution in [1.29, 1.82) is 0 Å². The van der Waals surface area contributed by atoms with Crippen LogP contribution >= 0.6 is 0 Å². The van der Waals surface area contributed by atoms with Gasteiger partial charge >= 0.3 is 0 Å². The zero-order valence-electron chi connectivity index (χ0n) is 12.5. The highest BCUT2D eigenvalue weighted by Gasteiger charge is 2.16. The summed E-state index contributed by atoms with van der Waals surface area (Å²) in [6, 6.07) is 0. The summed E-state index contributed by atoms with van der Waals surface area (Å²) < 4.78 is 1.74. The third-order valence-electron chi connectivity index (χ3n) is 3.67. The third-order valence-corrected chi connectivity index (χ3v) is 3.67. The first-order valence-corrected chi connectivity index (χ1v) is 7.47. The van der Waals surface area contributed by atoms with Crippen LogP contribution in [0.5, 0.6) is 0 Å². The molecule has 118 valence electrons. The smallest absolute Gasteiger partial charge is 0.273 e. The van der Waals surface area contributed by atoms with Crippen LogP contribution in [0.15, 0.2) is 6.20 Å². The Bertz CT molecular complexity index is 628. The van der Waals surface area contributed by atoms with E-state index in [0.717, 1.165) is 25.5 Å². The molecule has 1 aliphatic heterocycles. The molecule has 3 rings (SSSR count). The average molecular weight is 304 g/mol. The van der Waals surface area contributed by atoms with Gasteiger partial charge in [0.25, 0.3) is 5.91 Å². The number of rotatable bonds is 5. The number of hydrogen-bond acceptors (Lipinski definition) is 6. The number of carbonyl (C=O) groups is 1. The van der Waals surface area contributed by atoms with E-state index in [1.165, 1.54) is 12.8 Å². The van der Waals surface area contributed by atoms with Gasteiger partial charge in [0.05, 0.1) is 12.7 Å². The van der Waals surface area contributed by atoms with Gasteiger partial charge in [-0.05, 0) is 38.8 Å². The Kier molecular flexibility index (Phi) is 4.42. The molecular formula is C13H20N8O. The Morgan fingerprint density at radius 1 is 1.55 bits per heavy atom. The van der Waals surface area contributed by atoms with Crippen molar-refractivity contribution in [2.24, 2.45) is 5.92 Å². The molecule has 0 bridgehead atoms. The number of nitrogens with zero attached hydrogens (tertiary/aromatic N) is 5. The van der Waals surface area contributed by atoms with Crippen molar-refractivity contribution in [3.05, 3.63) is 23.5 Å². The van der Waals surface area contributed by atoms with Crippen LogP contribution in [0.3, 0.4) is 0 Å². The molecule has 9 heteroatoms. The first-order chi connectivity index (χ1) is 10.7. The number of nitrogens with one attached hydrogen (secondary N) is 3. The van der Waals surface area contributed by atoms with E-state index in [1.54, 1.807) is 10.9 Å². The van der Waals surface area contributed by atoms with Gasteiger partial charge in [-0.3, -0.25) is 14.6 Å². The Hall–Kier alpha value is -2.29. The van der Waals surface area contributed by atoms with Gasteiger partial charge in [0.15, 0.2) is 11.5 Å². The van der Waals surface area contributed by atoms with Crippen molar-refractivity contribution in [1.82, 2.24) is 40.8 Å². The summed E-state index contributed by atoms with van der Waals surface area (Å²) in [6.45, 7) is 4.94. The molecule has 1 aliphatic rings. The molecule has 9 nitrogen and oxygen atoms in total. The van der Waals surface area contributed by atoms with Crippen molar-refractivity contribution in [3.63, 3.8) is 0 Å². The lowest BCUT2D eigenvalue weighted by molar-refractivity contribution is 0.0945. The van der Waals surface area contributed by atoms with Crippen LogP contribution in [0, 0.1) is 12.8 Å². The molecule has 0 aliphatic carbocycles. The molecule has 0 radical (unpaired) electrons. The molecule has 3 N–H and O–H groups in total. The van der Waals surface area contributed by atoms with Crippen LogP contribution in [-0.4, -0.2) is 49.2 Å². The van der Waals surface area contributed by atoms with Gasteiger partial charge in [0.2, 0.25) is 0 Å². The molecule has 22 heavy (non-hydrogen) atoms. The van der Waals surface area contributed by atoms with E-state index in [-0.39, 0.29) is 12.5 Å². The zero-order chi connectivity index (χ0) is 15.4. The van der Waals surface area contributed by atoms with Crippen LogP contribution < -0.4 is 10.6 Å². The first-order valence-electron chi connectivity index (χ1n) is 7.47. The number of aromatic nitrogens is 6. The summed E-state index contributed by atoms with van der Waals surface area (Å²) in [5, 5.41) is 20.8. The molecule has 0 spiro atoms. The highest BCUT2D eigenvalue weighted by atomic mass is 16.2. The minimum absolute atomic E-state index is 0.266. The number of aryl methyl sites for hydroxylation is 1. The van der Waals surface area contributed by atoms with Gasteiger partial charge in [-0.2, -0.15) is 5.10 Å². The number of H-pyrrole nitrogens is 1. The summed E-state index contributed by atoms with van der Waals surface area (Å²) >= 11 is 0. The quantitative estimate of drug-likeness (QED) is 0.695. The maximum atomic E-state index is 12.0. The molecule has 0 aromatic carbocycles. The molecule has 1 amide bonds. The van der Waals surface area contributed by atoms with Crippen molar-refractivity contribution in [2.75, 3.05) is 13.1 Å². The normalized spacial score (nSPS) is 18.3. The SMILES string of the molecule is Cc1nc(CNC(=O)c2cn(C[C@@H]3CCCNC3)nn2)n[nH]1. The van der Waals surface area contributed by atoms with E-state index < -0.39 is 0 Å². The van der Waals surface area contributed by atoms with E-state index in [2.05, 4.69) is 36.1 Å². The third kappa shape index (κ3) is 3.67. The monoisotopic (exact) mass is 304 g/mol. The molecule has 0 unspecified atom stereocenters. The predicted octanol–water partition coefficient (Wildman–Crippen LogP) is -0.366. The van der Waals surface area contributed by atoms with Gasteiger partial charge in [-0.15, -0.1) is 5.10 Å². The Labute approximate surface area is 127 Å². The minimum atomic E-state index is -0.268. The lowest BCUT2D eigenvalue weighted by Crippen LogP contribution is -2.32. The summed E-state index contributed by atoms with van der Waals surface area (Å²) in [4.78, 5) is 16.2. The molecule has 1 atom stereocenters. The highest BCUT2D eigenvalue weighted by molar-refractivity contribution is 5.91. The fourth-order valence-corrected chi connectivity index (χ4v) is 2.55. The number of aromatic amines is 1. The topological polar surface area (TPSA) is 113 Å². The van der Waals surface area contributed by atoms with Crippen LogP contribution in [0.2, 0.25) is 0 Å². The molecule has 0 saturated carbocycles. The Morgan fingerprint density at radius 3 is 3.18 bits per heavy atom. The number of carbonyl (C=O) groups excluding carboxylic acids is 1. The van der Waals surface area contributed by atoms with Crippen LogP contribution in [0.1, 0.15) is 35.0 Å². The Balaban J connectivity index is 1.52. The molecule has 1 saturated heterocycles. The van der Waals surface area contributed by atoms with Gasteiger partial charge in [-0.1, -0.05) is 5.21 Å². The van der Waals surface area contributed by atoms with Crippen molar-refractivity contribution in [2.45, 2.75) is 32.9 Å². The van der Waals surface area contributed by atoms with Crippen LogP contribution in [-0.2, 0) is 13.1 Å². The lowest BCUT2D eigenvalue weighted by Gasteiger charge is -2.22. The van der Waals surface area contributed by atoms with Gasteiger partial charge < -0.3 is 10.6 Å². The number of amides is 1. The average Bonchev–Trinajstić information content (AvgIpc) is 3.15. The summed E-state index contributed by atoms with van der Waals surface area (Å²) in [7, 11) is 0. The highest BCUT2D eigenvalue weighted by Crippen LogP contribution is 2.11. The second kappa shape index (κ2) is 6.65. The maximum Gasteiger partial charge on any atom is 0.273 e. The summed E-state index contributed by atoms with van der Waals surface area (Å²) in [5.41, 5.74) is 0.316. The molecule has 1 fully saturated rings. The van der Waals surface area contributed by atoms with E-state index in [1.807, 2.05) is 6.92 Å². The van der Waals surface area contributed by atoms with E-state index in [9.17, 15) is 4.79 Å². The van der Waals surface area contributed by atoms with Gasteiger partial charge in [-0.25, -0.2) is 4.98 Å². The van der Waals surface area contributed by atoms with Crippen molar-refractivity contribution >= 4 is 5.91 Å². The molecular weight excluding hydrogens is 284 g/mol. The first kappa shape index (κ1) is 14.6. The number of hydrogen-bond donors (Lipinski definition) is 3. The van der Waals surface area contributed by atoms with Crippen molar-refractivity contribution in [3.8, 4) is 0 Å². The molecule has 3 heterocycles. The van der Waals surface area contributed by atoms with Crippen LogP contribution in [0.25, 0.3) is 0 Å². The second-order valence-corrected chi connectivity index (χ2v) is 5.56. The zero-order valence-corrected chi connectivity index (χ0v) is 12.5. The van der Waals surface area contributed by atoms with Crippen molar-refractivity contribution < 1.29 is 4.79 Å². The Morgan fingerprint density at radius 2 is 2.45 bits per heavy atom. The van der Waals surface area contributed by atoms with Crippen LogP contribution in [0.4, 0.5) is 0 Å². The van der Waals surface area contributed by atoms with Gasteiger partial charge in [0.1, 0.15) is 5.82 Å². The largest absolute Gasteiger partial charge is 0.343 e. The second-order valence-electron chi connectivity index (χ2n) is 5.56. The van der Waals surface area contributed by atoms with E-state index >= 15 is 0 Å². The molecule has 2 aromatic heterocycles. The lowest BCUT2D eigenvalue weighted by atomic mass is 10.00. The number of piperidine rings is 1. The fourth-order valence-electron chi connectivity index (χ4n) is 2.55. The van der Waals surface area contributed by atoms with E-state index in [4.69, 9.17) is 0 Å². The predicted molar refractivity (Wildman–Crippen MR) is 77.9 cm³/mol. The minimum Gasteiger partial charge on any atom is -0.343 e. The maximum absolute atomic E-state index is 12.0.